The van der Waals surface area contributed by atoms with Crippen LogP contribution in [-0.4, -0.2) is 5.11 Å². The van der Waals surface area contributed by atoms with Gasteiger partial charge in [0.1, 0.15) is 0 Å². The minimum atomic E-state index is -0.932. The van der Waals surface area contributed by atoms with Gasteiger partial charge in [0.05, 0.1) is 16.1 Å². The lowest BCUT2D eigenvalue weighted by Crippen LogP contribution is -2.02. The molecule has 0 aliphatic rings. The molecule has 0 spiro atoms. The molecule has 0 heterocycles. The number of hydrogen-bond donors (Lipinski definition) is 1. The number of rotatable bonds is 3. The van der Waals surface area contributed by atoms with Crippen LogP contribution in [0.15, 0.2) is 36.4 Å². The largest absolute Gasteiger partial charge is 0.388 e. The second kappa shape index (κ2) is 5.87. The highest BCUT2D eigenvalue weighted by Gasteiger charge is 2.12. The van der Waals surface area contributed by atoms with E-state index in [2.05, 4.69) is 0 Å². The lowest BCUT2D eigenvalue weighted by atomic mass is 10.0. The third-order valence-electron chi connectivity index (χ3n) is 2.74. The number of aliphatic hydroxyl groups is 1. The third-order valence-corrected chi connectivity index (χ3v) is 3.48. The lowest BCUT2D eigenvalue weighted by molar-refractivity contribution is 0.178. The summed E-state index contributed by atoms with van der Waals surface area (Å²) in [5.41, 5.74) is 1.07. The van der Waals surface area contributed by atoms with Gasteiger partial charge in [-0.2, -0.15) is 0 Å². The van der Waals surface area contributed by atoms with Gasteiger partial charge in [0.25, 0.3) is 0 Å². The average Bonchev–Trinajstić information content (AvgIpc) is 2.37. The zero-order valence-electron chi connectivity index (χ0n) is 9.71. The van der Waals surface area contributed by atoms with Gasteiger partial charge in [-0.15, -0.1) is 0 Å². The highest BCUT2D eigenvalue weighted by molar-refractivity contribution is 6.42. The summed E-state index contributed by atoms with van der Waals surface area (Å²) in [6.45, 7) is 0. The van der Waals surface area contributed by atoms with E-state index in [0.29, 0.717) is 21.2 Å². The topological polar surface area (TPSA) is 20.2 Å². The molecule has 1 unspecified atom stereocenters. The van der Waals surface area contributed by atoms with Gasteiger partial charge in [-0.3, -0.25) is 0 Å². The SMILES string of the molecule is OC(Cc1ccc(F)c(F)c1)c1ccc(Cl)c(Cl)c1. The molecule has 2 aromatic carbocycles. The highest BCUT2D eigenvalue weighted by atomic mass is 35.5. The first-order valence-electron chi connectivity index (χ1n) is 5.54. The van der Waals surface area contributed by atoms with Crippen molar-refractivity contribution in [3.63, 3.8) is 0 Å². The normalized spacial score (nSPS) is 12.5. The summed E-state index contributed by atoms with van der Waals surface area (Å²) >= 11 is 11.6. The first-order chi connectivity index (χ1) is 8.97. The van der Waals surface area contributed by atoms with E-state index in [9.17, 15) is 13.9 Å². The maximum atomic E-state index is 13.1. The van der Waals surface area contributed by atoms with E-state index in [1.54, 1.807) is 18.2 Å². The van der Waals surface area contributed by atoms with Gasteiger partial charge in [0, 0.05) is 6.42 Å². The molecule has 0 aliphatic heterocycles. The minimum Gasteiger partial charge on any atom is -0.388 e. The third kappa shape index (κ3) is 3.44. The summed E-state index contributed by atoms with van der Waals surface area (Å²) in [7, 11) is 0. The minimum absolute atomic E-state index is 0.162. The molecule has 0 fully saturated rings. The molecule has 1 N–H and O–H groups in total. The molecule has 19 heavy (non-hydrogen) atoms. The molecule has 0 amide bonds. The predicted molar refractivity (Wildman–Crippen MR) is 71.5 cm³/mol. The molecule has 1 nitrogen and oxygen atoms in total. The van der Waals surface area contributed by atoms with Crippen molar-refractivity contribution in [1.82, 2.24) is 0 Å². The number of halogens is 4. The fourth-order valence-corrected chi connectivity index (χ4v) is 2.03. The van der Waals surface area contributed by atoms with E-state index < -0.39 is 17.7 Å². The molecule has 1 atom stereocenters. The Labute approximate surface area is 119 Å². The van der Waals surface area contributed by atoms with Gasteiger partial charge >= 0.3 is 0 Å². The number of hydrogen-bond acceptors (Lipinski definition) is 1. The van der Waals surface area contributed by atoms with Crippen LogP contribution < -0.4 is 0 Å². The van der Waals surface area contributed by atoms with E-state index >= 15 is 0 Å². The summed E-state index contributed by atoms with van der Waals surface area (Å²) in [5, 5.41) is 10.8. The molecule has 0 saturated heterocycles. The summed E-state index contributed by atoms with van der Waals surface area (Å²) < 4.78 is 25.8. The van der Waals surface area contributed by atoms with Crippen molar-refractivity contribution >= 4 is 23.2 Å². The second-order valence-corrected chi connectivity index (χ2v) is 4.96. The van der Waals surface area contributed by atoms with E-state index in [1.165, 1.54) is 6.07 Å². The first kappa shape index (κ1) is 14.3. The van der Waals surface area contributed by atoms with Gasteiger partial charge in [0.15, 0.2) is 11.6 Å². The monoisotopic (exact) mass is 302 g/mol. The van der Waals surface area contributed by atoms with Crippen molar-refractivity contribution in [2.75, 3.05) is 0 Å². The summed E-state index contributed by atoms with van der Waals surface area (Å²) in [4.78, 5) is 0. The first-order valence-corrected chi connectivity index (χ1v) is 6.30. The fourth-order valence-electron chi connectivity index (χ4n) is 1.73. The molecule has 0 aromatic heterocycles. The summed E-state index contributed by atoms with van der Waals surface area (Å²) in [6, 6.07) is 8.29. The van der Waals surface area contributed by atoms with Crippen LogP contribution >= 0.6 is 23.2 Å². The van der Waals surface area contributed by atoms with Gasteiger partial charge in [0.2, 0.25) is 0 Å². The van der Waals surface area contributed by atoms with Crippen molar-refractivity contribution in [2.24, 2.45) is 0 Å². The summed E-state index contributed by atoms with van der Waals surface area (Å²) in [6.07, 6.45) is -0.700. The Kier molecular flexibility index (Phi) is 4.40. The zero-order chi connectivity index (χ0) is 14.0. The van der Waals surface area contributed by atoms with Crippen LogP contribution in [0.4, 0.5) is 8.78 Å². The molecular formula is C14H10Cl2F2O. The molecule has 2 aromatic rings. The van der Waals surface area contributed by atoms with Crippen molar-refractivity contribution in [3.8, 4) is 0 Å². The van der Waals surface area contributed by atoms with Crippen LogP contribution in [0.1, 0.15) is 17.2 Å². The molecular weight excluding hydrogens is 293 g/mol. The van der Waals surface area contributed by atoms with E-state index in [0.717, 1.165) is 12.1 Å². The van der Waals surface area contributed by atoms with E-state index in [1.807, 2.05) is 0 Å². The molecule has 100 valence electrons. The van der Waals surface area contributed by atoms with E-state index in [4.69, 9.17) is 23.2 Å². The molecule has 0 aliphatic carbocycles. The standard InChI is InChI=1S/C14H10Cl2F2O/c15-10-3-2-9(7-11(10)16)14(19)6-8-1-4-12(17)13(18)5-8/h1-5,7,14,19H,6H2. The summed E-state index contributed by atoms with van der Waals surface area (Å²) in [5.74, 6) is -1.84. The lowest BCUT2D eigenvalue weighted by Gasteiger charge is -2.12. The average molecular weight is 303 g/mol. The van der Waals surface area contributed by atoms with Gasteiger partial charge in [-0.05, 0) is 35.4 Å². The smallest absolute Gasteiger partial charge is 0.159 e. The molecule has 0 saturated carbocycles. The van der Waals surface area contributed by atoms with Crippen LogP contribution in [0.2, 0.25) is 10.0 Å². The van der Waals surface area contributed by atoms with Crippen LogP contribution in [0, 0.1) is 11.6 Å². The Hall–Kier alpha value is -1.16. The second-order valence-electron chi connectivity index (χ2n) is 4.14. The van der Waals surface area contributed by atoms with Gasteiger partial charge in [-0.1, -0.05) is 35.3 Å². The Morgan fingerprint density at radius 1 is 0.947 bits per heavy atom. The molecule has 0 radical (unpaired) electrons. The van der Waals surface area contributed by atoms with E-state index in [-0.39, 0.29) is 6.42 Å². The number of benzene rings is 2. The van der Waals surface area contributed by atoms with Crippen LogP contribution in [-0.2, 0) is 6.42 Å². The maximum absolute atomic E-state index is 13.1. The Morgan fingerprint density at radius 3 is 2.32 bits per heavy atom. The quantitative estimate of drug-likeness (QED) is 0.882. The van der Waals surface area contributed by atoms with Crippen LogP contribution in [0.25, 0.3) is 0 Å². The Bertz CT molecular complexity index is 602. The Morgan fingerprint density at radius 2 is 1.68 bits per heavy atom. The number of aliphatic hydroxyl groups excluding tert-OH is 1. The van der Waals surface area contributed by atoms with Gasteiger partial charge in [-0.25, -0.2) is 8.78 Å². The predicted octanol–water partition coefficient (Wildman–Crippen LogP) is 4.55. The fraction of sp³-hybridized carbons (Fsp3) is 0.143. The van der Waals surface area contributed by atoms with Crippen molar-refractivity contribution < 1.29 is 13.9 Å². The molecule has 5 heteroatoms. The van der Waals surface area contributed by atoms with Crippen LogP contribution in [0.5, 0.6) is 0 Å². The zero-order valence-corrected chi connectivity index (χ0v) is 11.2. The maximum Gasteiger partial charge on any atom is 0.159 e. The van der Waals surface area contributed by atoms with Crippen molar-refractivity contribution in [3.05, 3.63) is 69.2 Å². The highest BCUT2D eigenvalue weighted by Crippen LogP contribution is 2.27. The van der Waals surface area contributed by atoms with Crippen molar-refractivity contribution in [1.29, 1.82) is 0 Å². The Balaban J connectivity index is 2.17. The molecule has 2 rings (SSSR count). The van der Waals surface area contributed by atoms with Crippen LogP contribution in [0.3, 0.4) is 0 Å². The molecule has 0 bridgehead atoms. The van der Waals surface area contributed by atoms with Gasteiger partial charge < -0.3 is 5.11 Å². The van der Waals surface area contributed by atoms with Crippen molar-refractivity contribution in [2.45, 2.75) is 12.5 Å².